The van der Waals surface area contributed by atoms with Gasteiger partial charge in [0, 0.05) is 36.6 Å². The highest BCUT2D eigenvalue weighted by Gasteiger charge is 2.26. The molecule has 126 valence electrons. The molecule has 7 nitrogen and oxygen atoms in total. The smallest absolute Gasteiger partial charge is 0.286 e. The van der Waals surface area contributed by atoms with Crippen molar-refractivity contribution in [2.75, 3.05) is 23.3 Å². The van der Waals surface area contributed by atoms with E-state index in [1.54, 1.807) is 18.3 Å². The summed E-state index contributed by atoms with van der Waals surface area (Å²) in [6, 6.07) is 3.80. The zero-order chi connectivity index (χ0) is 17.3. The number of aryl methyl sites for hydroxylation is 1. The lowest BCUT2D eigenvalue weighted by molar-refractivity contribution is 0.0990. The number of primary amides is 1. The molecule has 3 N–H and O–H groups in total. The molecule has 1 saturated heterocycles. The molecule has 1 fully saturated rings. The van der Waals surface area contributed by atoms with Crippen molar-refractivity contribution in [2.24, 2.45) is 5.73 Å². The highest BCUT2D eigenvalue weighted by molar-refractivity contribution is 6.32. The van der Waals surface area contributed by atoms with Crippen molar-refractivity contribution in [1.29, 1.82) is 0 Å². The number of halogens is 1. The summed E-state index contributed by atoms with van der Waals surface area (Å²) < 4.78 is 0. The molecule has 3 heterocycles. The van der Waals surface area contributed by atoms with E-state index in [9.17, 15) is 4.79 Å². The Morgan fingerprint density at radius 1 is 1.42 bits per heavy atom. The first-order chi connectivity index (χ1) is 11.5. The fraction of sp³-hybridized carbons (Fsp3) is 0.375. The number of amides is 1. The number of aromatic nitrogens is 3. The predicted octanol–water partition coefficient (Wildman–Crippen LogP) is 1.93. The maximum absolute atomic E-state index is 11.4. The molecule has 1 aliphatic rings. The number of pyridine rings is 1. The van der Waals surface area contributed by atoms with E-state index < -0.39 is 5.91 Å². The highest BCUT2D eigenvalue weighted by Crippen LogP contribution is 2.26. The number of hydrogen-bond donors (Lipinski definition) is 2. The summed E-state index contributed by atoms with van der Waals surface area (Å²) in [6.07, 6.45) is 2.62. The zero-order valence-electron chi connectivity index (χ0n) is 13.6. The molecule has 0 saturated carbocycles. The van der Waals surface area contributed by atoms with Gasteiger partial charge < -0.3 is 16.0 Å². The van der Waals surface area contributed by atoms with Gasteiger partial charge in [-0.05, 0) is 32.4 Å². The highest BCUT2D eigenvalue weighted by atomic mass is 35.5. The molecule has 1 amide bonds. The second-order valence-corrected chi connectivity index (χ2v) is 6.26. The van der Waals surface area contributed by atoms with Crippen molar-refractivity contribution in [1.82, 2.24) is 15.0 Å². The maximum Gasteiger partial charge on any atom is 0.286 e. The van der Waals surface area contributed by atoms with Crippen LogP contribution in [0.1, 0.15) is 28.3 Å². The topological polar surface area (TPSA) is 97.0 Å². The first-order valence-corrected chi connectivity index (χ1v) is 8.10. The third-order valence-electron chi connectivity index (χ3n) is 4.17. The Hall–Kier alpha value is -2.41. The molecule has 2 aromatic heterocycles. The fourth-order valence-corrected chi connectivity index (χ4v) is 2.96. The molecule has 24 heavy (non-hydrogen) atoms. The summed E-state index contributed by atoms with van der Waals surface area (Å²) >= 11 is 6.15. The van der Waals surface area contributed by atoms with Crippen molar-refractivity contribution in [3.63, 3.8) is 0 Å². The third-order valence-corrected chi connectivity index (χ3v) is 4.48. The molecule has 1 atom stereocenters. The van der Waals surface area contributed by atoms with Crippen LogP contribution in [0.2, 0.25) is 5.02 Å². The number of carbonyl (C=O) groups excluding carboxylic acids is 1. The molecule has 0 aliphatic carbocycles. The number of nitrogens with zero attached hydrogens (tertiary/aromatic N) is 4. The molecular weight excluding hydrogens is 328 g/mol. The average Bonchev–Trinajstić information content (AvgIpc) is 3.00. The van der Waals surface area contributed by atoms with Crippen LogP contribution in [0.15, 0.2) is 18.3 Å². The molecule has 2 aromatic rings. The standard InChI is InChI=1S/C16H19ClN6O/c1-9-10(2)20-15(13(18)24)22-16(9)23-7-5-11(8-23)21-14-12(17)4-3-6-19-14/h3-4,6,11H,5,7-8H2,1-2H3,(H2,18,24)(H,19,21)/t11-/m1/s1. The fourth-order valence-electron chi connectivity index (χ4n) is 2.79. The lowest BCUT2D eigenvalue weighted by atomic mass is 10.2. The summed E-state index contributed by atoms with van der Waals surface area (Å²) in [5, 5.41) is 3.96. The van der Waals surface area contributed by atoms with Crippen LogP contribution >= 0.6 is 11.6 Å². The van der Waals surface area contributed by atoms with Gasteiger partial charge in [0.2, 0.25) is 5.82 Å². The molecule has 1 aliphatic heterocycles. The van der Waals surface area contributed by atoms with E-state index in [0.29, 0.717) is 10.8 Å². The number of nitrogens with two attached hydrogens (primary N) is 1. The van der Waals surface area contributed by atoms with Gasteiger partial charge >= 0.3 is 0 Å². The monoisotopic (exact) mass is 346 g/mol. The quantitative estimate of drug-likeness (QED) is 0.878. The van der Waals surface area contributed by atoms with Crippen LogP contribution in [0.5, 0.6) is 0 Å². The average molecular weight is 347 g/mol. The Morgan fingerprint density at radius 2 is 2.21 bits per heavy atom. The zero-order valence-corrected chi connectivity index (χ0v) is 14.3. The van der Waals surface area contributed by atoms with Gasteiger partial charge in [-0.3, -0.25) is 4.79 Å². The summed E-state index contributed by atoms with van der Waals surface area (Å²) in [6.45, 7) is 5.36. The molecule has 8 heteroatoms. The normalized spacial score (nSPS) is 17.1. The number of rotatable bonds is 4. The minimum Gasteiger partial charge on any atom is -0.364 e. The molecular formula is C16H19ClN6O. The van der Waals surface area contributed by atoms with E-state index in [4.69, 9.17) is 17.3 Å². The van der Waals surface area contributed by atoms with Crippen LogP contribution < -0.4 is 16.0 Å². The van der Waals surface area contributed by atoms with E-state index in [1.165, 1.54) is 0 Å². The van der Waals surface area contributed by atoms with Crippen LogP contribution in [0.3, 0.4) is 0 Å². The Kier molecular flexibility index (Phi) is 4.53. The summed E-state index contributed by atoms with van der Waals surface area (Å²) in [4.78, 5) is 26.3. The second kappa shape index (κ2) is 6.60. The molecule has 0 radical (unpaired) electrons. The Balaban J connectivity index is 1.78. The van der Waals surface area contributed by atoms with Gasteiger partial charge in [-0.1, -0.05) is 11.6 Å². The Bertz CT molecular complexity index is 781. The second-order valence-electron chi connectivity index (χ2n) is 5.86. The lowest BCUT2D eigenvalue weighted by Gasteiger charge is -2.21. The van der Waals surface area contributed by atoms with E-state index in [1.807, 2.05) is 13.8 Å². The number of anilines is 2. The van der Waals surface area contributed by atoms with Gasteiger partial charge in [0.25, 0.3) is 5.91 Å². The van der Waals surface area contributed by atoms with Crippen LogP contribution in [0.4, 0.5) is 11.6 Å². The minimum atomic E-state index is -0.617. The van der Waals surface area contributed by atoms with Gasteiger partial charge in [0.1, 0.15) is 11.6 Å². The van der Waals surface area contributed by atoms with Crippen LogP contribution in [0, 0.1) is 13.8 Å². The van der Waals surface area contributed by atoms with E-state index in [0.717, 1.165) is 36.6 Å². The van der Waals surface area contributed by atoms with E-state index >= 15 is 0 Å². The van der Waals surface area contributed by atoms with Crippen molar-refractivity contribution >= 4 is 29.1 Å². The number of nitrogens with one attached hydrogen (secondary N) is 1. The summed E-state index contributed by atoms with van der Waals surface area (Å²) in [5.74, 6) is 0.873. The predicted molar refractivity (Wildman–Crippen MR) is 93.5 cm³/mol. The maximum atomic E-state index is 11.4. The first-order valence-electron chi connectivity index (χ1n) is 7.72. The van der Waals surface area contributed by atoms with Crippen LogP contribution in [-0.4, -0.2) is 40.0 Å². The number of carbonyl (C=O) groups is 1. The minimum absolute atomic E-state index is 0.0530. The van der Waals surface area contributed by atoms with Crippen molar-refractivity contribution in [3.8, 4) is 0 Å². The number of hydrogen-bond acceptors (Lipinski definition) is 6. The van der Waals surface area contributed by atoms with E-state index in [-0.39, 0.29) is 11.9 Å². The van der Waals surface area contributed by atoms with Crippen molar-refractivity contribution < 1.29 is 4.79 Å². The molecule has 0 unspecified atom stereocenters. The van der Waals surface area contributed by atoms with Crippen LogP contribution in [-0.2, 0) is 0 Å². The van der Waals surface area contributed by atoms with Gasteiger partial charge in [-0.15, -0.1) is 0 Å². The SMILES string of the molecule is Cc1nc(C(N)=O)nc(N2CC[C@@H](Nc3ncccc3Cl)C2)c1C. The van der Waals surface area contributed by atoms with Gasteiger partial charge in [0.15, 0.2) is 0 Å². The van der Waals surface area contributed by atoms with Crippen molar-refractivity contribution in [3.05, 3.63) is 40.4 Å². The molecule has 3 rings (SSSR count). The summed E-state index contributed by atoms with van der Waals surface area (Å²) in [7, 11) is 0. The largest absolute Gasteiger partial charge is 0.364 e. The van der Waals surface area contributed by atoms with Crippen LogP contribution in [0.25, 0.3) is 0 Å². The third kappa shape index (κ3) is 3.26. The first kappa shape index (κ1) is 16.4. The van der Waals surface area contributed by atoms with Gasteiger partial charge in [-0.2, -0.15) is 0 Å². The van der Waals surface area contributed by atoms with Gasteiger partial charge in [-0.25, -0.2) is 15.0 Å². The lowest BCUT2D eigenvalue weighted by Crippen LogP contribution is -2.29. The Labute approximate surface area is 145 Å². The summed E-state index contributed by atoms with van der Waals surface area (Å²) in [5.41, 5.74) is 7.05. The molecule has 0 spiro atoms. The molecule has 0 aromatic carbocycles. The molecule has 0 bridgehead atoms. The van der Waals surface area contributed by atoms with Gasteiger partial charge in [0.05, 0.1) is 5.02 Å². The van der Waals surface area contributed by atoms with Crippen molar-refractivity contribution in [2.45, 2.75) is 26.3 Å². The van der Waals surface area contributed by atoms with E-state index in [2.05, 4.69) is 25.2 Å². The Morgan fingerprint density at radius 3 is 2.92 bits per heavy atom.